The quantitative estimate of drug-likeness (QED) is 0.716. The van der Waals surface area contributed by atoms with Crippen LogP contribution >= 0.6 is 11.8 Å². The number of hydrogen-bond acceptors (Lipinski definition) is 4. The molecule has 1 aliphatic heterocycles. The van der Waals surface area contributed by atoms with Crippen molar-refractivity contribution in [3.8, 4) is 0 Å². The largest absolute Gasteiger partial charge is 0.481 e. The molecular weight excluding hydrogens is 256 g/mol. The lowest BCUT2D eigenvalue weighted by Gasteiger charge is -2.15. The third kappa shape index (κ3) is 5.39. The fourth-order valence-electron chi connectivity index (χ4n) is 1.61. The zero-order valence-corrected chi connectivity index (χ0v) is 11.2. The van der Waals surface area contributed by atoms with Gasteiger partial charge in [-0.3, -0.25) is 14.4 Å². The number of nitrogens with zero attached hydrogens (tertiary/aromatic N) is 1. The van der Waals surface area contributed by atoms with Crippen LogP contribution < -0.4 is 5.32 Å². The van der Waals surface area contributed by atoms with Crippen LogP contribution in [0.3, 0.4) is 0 Å². The third-order valence-electron chi connectivity index (χ3n) is 2.62. The predicted molar refractivity (Wildman–Crippen MR) is 68.5 cm³/mol. The Morgan fingerprint density at radius 1 is 1.56 bits per heavy atom. The standard InChI is InChI=1S/C11H18N2O4S/c1-8(6-10(15)16)7-12-9(14)2-3-13-4-5-18-11(13)17/h8H,2-7H2,1H3,(H,12,14)(H,15,16). The highest BCUT2D eigenvalue weighted by Gasteiger charge is 2.21. The second kappa shape index (κ2) is 7.25. The molecule has 0 radical (unpaired) electrons. The van der Waals surface area contributed by atoms with Crippen LogP contribution in [0.4, 0.5) is 4.79 Å². The Morgan fingerprint density at radius 2 is 2.28 bits per heavy atom. The van der Waals surface area contributed by atoms with Gasteiger partial charge in [-0.25, -0.2) is 0 Å². The number of aliphatic carboxylic acids is 1. The fraction of sp³-hybridized carbons (Fsp3) is 0.727. The molecule has 2 N–H and O–H groups in total. The molecule has 0 aromatic heterocycles. The first-order valence-electron chi connectivity index (χ1n) is 5.89. The first-order chi connectivity index (χ1) is 8.49. The Balaban J connectivity index is 2.13. The monoisotopic (exact) mass is 274 g/mol. The molecule has 1 unspecified atom stereocenters. The van der Waals surface area contributed by atoms with Crippen LogP contribution in [0.2, 0.25) is 0 Å². The summed E-state index contributed by atoms with van der Waals surface area (Å²) in [5, 5.41) is 11.3. The van der Waals surface area contributed by atoms with E-state index in [9.17, 15) is 14.4 Å². The van der Waals surface area contributed by atoms with E-state index in [0.29, 0.717) is 19.6 Å². The lowest BCUT2D eigenvalue weighted by atomic mass is 10.1. The van der Waals surface area contributed by atoms with Crippen molar-refractivity contribution in [1.29, 1.82) is 0 Å². The lowest BCUT2D eigenvalue weighted by molar-refractivity contribution is -0.138. The summed E-state index contributed by atoms with van der Waals surface area (Å²) < 4.78 is 0. The molecule has 1 atom stereocenters. The van der Waals surface area contributed by atoms with Crippen LogP contribution in [-0.2, 0) is 9.59 Å². The highest BCUT2D eigenvalue weighted by molar-refractivity contribution is 8.13. The minimum Gasteiger partial charge on any atom is -0.481 e. The van der Waals surface area contributed by atoms with Gasteiger partial charge in [-0.05, 0) is 5.92 Å². The molecule has 1 rings (SSSR count). The minimum absolute atomic E-state index is 0.0297. The maximum atomic E-state index is 11.5. The number of carbonyl (C=O) groups excluding carboxylic acids is 2. The van der Waals surface area contributed by atoms with Gasteiger partial charge in [0.2, 0.25) is 5.91 Å². The van der Waals surface area contributed by atoms with Gasteiger partial charge in [0.05, 0.1) is 0 Å². The molecule has 7 heteroatoms. The van der Waals surface area contributed by atoms with Gasteiger partial charge in [0.1, 0.15) is 0 Å². The van der Waals surface area contributed by atoms with Crippen LogP contribution in [0.1, 0.15) is 19.8 Å². The minimum atomic E-state index is -0.864. The summed E-state index contributed by atoms with van der Waals surface area (Å²) in [6, 6.07) is 0. The molecule has 0 aromatic rings. The van der Waals surface area contributed by atoms with Crippen LogP contribution in [0.15, 0.2) is 0 Å². The first kappa shape index (κ1) is 14.8. The molecule has 0 aromatic carbocycles. The van der Waals surface area contributed by atoms with Crippen molar-refractivity contribution in [1.82, 2.24) is 10.2 Å². The maximum absolute atomic E-state index is 11.5. The van der Waals surface area contributed by atoms with Gasteiger partial charge >= 0.3 is 5.97 Å². The zero-order chi connectivity index (χ0) is 13.5. The van der Waals surface area contributed by atoms with Crippen LogP contribution in [0.5, 0.6) is 0 Å². The van der Waals surface area contributed by atoms with Crippen molar-refractivity contribution in [3.63, 3.8) is 0 Å². The number of carboxylic acids is 1. The van der Waals surface area contributed by atoms with Gasteiger partial charge in [0.25, 0.3) is 5.24 Å². The molecule has 18 heavy (non-hydrogen) atoms. The number of rotatable bonds is 7. The Bertz CT molecular complexity index is 335. The van der Waals surface area contributed by atoms with Crippen LogP contribution in [0.25, 0.3) is 0 Å². The van der Waals surface area contributed by atoms with Gasteiger partial charge in [-0.15, -0.1) is 0 Å². The average Bonchev–Trinajstić information content (AvgIpc) is 2.68. The third-order valence-corrected chi connectivity index (χ3v) is 3.52. The van der Waals surface area contributed by atoms with E-state index in [1.54, 1.807) is 11.8 Å². The molecule has 1 saturated heterocycles. The predicted octanol–water partition coefficient (Wildman–Crippen LogP) is 0.772. The molecule has 1 fully saturated rings. The van der Waals surface area contributed by atoms with Crippen molar-refractivity contribution in [2.75, 3.05) is 25.4 Å². The zero-order valence-electron chi connectivity index (χ0n) is 10.3. The fourth-order valence-corrected chi connectivity index (χ4v) is 2.46. The molecule has 1 aliphatic rings. The van der Waals surface area contributed by atoms with E-state index in [1.807, 2.05) is 0 Å². The average molecular weight is 274 g/mol. The Labute approximate surface area is 110 Å². The van der Waals surface area contributed by atoms with E-state index in [2.05, 4.69) is 5.32 Å². The number of amides is 2. The summed E-state index contributed by atoms with van der Waals surface area (Å²) in [5.74, 6) is -0.306. The summed E-state index contributed by atoms with van der Waals surface area (Å²) in [6.07, 6.45) is 0.313. The normalized spacial score (nSPS) is 16.7. The van der Waals surface area contributed by atoms with Gasteiger partial charge in [-0.1, -0.05) is 18.7 Å². The van der Waals surface area contributed by atoms with Crippen LogP contribution in [-0.4, -0.2) is 52.5 Å². The second-order valence-corrected chi connectivity index (χ2v) is 5.40. The molecule has 0 bridgehead atoms. The first-order valence-corrected chi connectivity index (χ1v) is 6.87. The number of carboxylic acid groups (broad SMARTS) is 1. The number of nitrogens with one attached hydrogen (secondary N) is 1. The lowest BCUT2D eigenvalue weighted by Crippen LogP contribution is -2.33. The van der Waals surface area contributed by atoms with E-state index < -0.39 is 5.97 Å². The molecular formula is C11H18N2O4S. The highest BCUT2D eigenvalue weighted by Crippen LogP contribution is 2.16. The Hall–Kier alpha value is -1.24. The van der Waals surface area contributed by atoms with Crippen molar-refractivity contribution < 1.29 is 19.5 Å². The van der Waals surface area contributed by atoms with Crippen LogP contribution in [0, 0.1) is 5.92 Å². The SMILES string of the molecule is CC(CNC(=O)CCN1CCSC1=O)CC(=O)O. The summed E-state index contributed by atoms with van der Waals surface area (Å²) in [7, 11) is 0. The van der Waals surface area contributed by atoms with E-state index in [4.69, 9.17) is 5.11 Å². The van der Waals surface area contributed by atoms with Gasteiger partial charge in [0.15, 0.2) is 0 Å². The molecule has 0 spiro atoms. The van der Waals surface area contributed by atoms with Crippen molar-refractivity contribution in [2.45, 2.75) is 19.8 Å². The molecule has 2 amide bonds. The number of carbonyl (C=O) groups is 3. The Morgan fingerprint density at radius 3 is 2.83 bits per heavy atom. The van der Waals surface area contributed by atoms with E-state index in [1.165, 1.54) is 11.8 Å². The van der Waals surface area contributed by atoms with E-state index >= 15 is 0 Å². The van der Waals surface area contributed by atoms with Gasteiger partial charge in [-0.2, -0.15) is 0 Å². The summed E-state index contributed by atoms with van der Waals surface area (Å²) >= 11 is 1.27. The van der Waals surface area contributed by atoms with Crippen molar-refractivity contribution in [2.24, 2.45) is 5.92 Å². The highest BCUT2D eigenvalue weighted by atomic mass is 32.2. The smallest absolute Gasteiger partial charge is 0.303 e. The van der Waals surface area contributed by atoms with Gasteiger partial charge < -0.3 is 15.3 Å². The van der Waals surface area contributed by atoms with Crippen molar-refractivity contribution in [3.05, 3.63) is 0 Å². The summed E-state index contributed by atoms with van der Waals surface area (Å²) in [6.45, 7) is 3.26. The second-order valence-electron chi connectivity index (χ2n) is 4.36. The molecule has 1 heterocycles. The van der Waals surface area contributed by atoms with E-state index in [0.717, 1.165) is 5.75 Å². The summed E-state index contributed by atoms with van der Waals surface area (Å²) in [4.78, 5) is 34.8. The molecule has 0 aliphatic carbocycles. The topological polar surface area (TPSA) is 86.7 Å². The Kier molecular flexibility index (Phi) is 5.97. The summed E-state index contributed by atoms with van der Waals surface area (Å²) in [5.41, 5.74) is 0. The molecule has 102 valence electrons. The number of hydrogen-bond donors (Lipinski definition) is 2. The van der Waals surface area contributed by atoms with Gasteiger partial charge in [0, 0.05) is 38.2 Å². The number of thioether (sulfide) groups is 1. The molecule has 0 saturated carbocycles. The molecule has 6 nitrogen and oxygen atoms in total. The van der Waals surface area contributed by atoms with E-state index in [-0.39, 0.29) is 29.9 Å². The van der Waals surface area contributed by atoms with Crippen molar-refractivity contribution >= 4 is 28.9 Å². The maximum Gasteiger partial charge on any atom is 0.303 e.